The molecule has 0 aliphatic carbocycles. The molecule has 5 aromatic rings. The molecule has 1 atom stereocenters. The van der Waals surface area contributed by atoms with Crippen molar-refractivity contribution in [2.75, 3.05) is 17.2 Å². The number of aromatic nitrogens is 3. The van der Waals surface area contributed by atoms with Crippen LogP contribution in [0, 0.1) is 6.92 Å². The third kappa shape index (κ3) is 7.29. The SMILES string of the molecule is CCOc1cc(C2C(C(=O)Nc3ccccc3C)=C(C)Nc3nc(SCc4ccccc4Cl)nn32)ccc1OCc1c(Cl)cccc1Cl. The van der Waals surface area contributed by atoms with Crippen molar-refractivity contribution >= 4 is 64.1 Å². The van der Waals surface area contributed by atoms with E-state index in [-0.39, 0.29) is 12.5 Å². The first-order chi connectivity index (χ1) is 23.2. The van der Waals surface area contributed by atoms with Crippen LogP contribution in [-0.4, -0.2) is 27.3 Å². The van der Waals surface area contributed by atoms with Crippen molar-refractivity contribution in [3.63, 3.8) is 0 Å². The van der Waals surface area contributed by atoms with Crippen LogP contribution in [0.3, 0.4) is 0 Å². The maximum absolute atomic E-state index is 14.1. The highest BCUT2D eigenvalue weighted by Crippen LogP contribution is 2.41. The molecule has 1 unspecified atom stereocenters. The minimum Gasteiger partial charge on any atom is -0.490 e. The number of allylic oxidation sites excluding steroid dienone is 1. The lowest BCUT2D eigenvalue weighted by Crippen LogP contribution is -2.31. The normalized spacial score (nSPS) is 13.9. The van der Waals surface area contributed by atoms with Gasteiger partial charge >= 0.3 is 0 Å². The molecule has 6 rings (SSSR count). The van der Waals surface area contributed by atoms with E-state index in [9.17, 15) is 4.79 Å². The number of para-hydroxylation sites is 1. The number of hydrogen-bond donors (Lipinski definition) is 2. The number of rotatable bonds is 11. The smallest absolute Gasteiger partial charge is 0.255 e. The lowest BCUT2D eigenvalue weighted by Gasteiger charge is -2.29. The molecule has 1 aliphatic rings. The van der Waals surface area contributed by atoms with Crippen molar-refractivity contribution in [1.29, 1.82) is 0 Å². The van der Waals surface area contributed by atoms with Gasteiger partial charge in [-0.2, -0.15) is 4.98 Å². The number of anilines is 2. The molecule has 4 aromatic carbocycles. The maximum atomic E-state index is 14.1. The Kier molecular flexibility index (Phi) is 10.5. The first-order valence-corrected chi connectivity index (χ1v) is 17.3. The van der Waals surface area contributed by atoms with Gasteiger partial charge in [0.05, 0.1) is 12.2 Å². The average molecular weight is 721 g/mol. The van der Waals surface area contributed by atoms with Crippen LogP contribution in [0.1, 0.15) is 42.1 Å². The molecule has 12 heteroatoms. The highest BCUT2D eigenvalue weighted by molar-refractivity contribution is 7.98. The predicted octanol–water partition coefficient (Wildman–Crippen LogP) is 9.74. The Balaban J connectivity index is 1.37. The summed E-state index contributed by atoms with van der Waals surface area (Å²) in [5.74, 6) is 1.84. The van der Waals surface area contributed by atoms with E-state index in [0.29, 0.717) is 66.9 Å². The molecule has 8 nitrogen and oxygen atoms in total. The van der Waals surface area contributed by atoms with E-state index in [1.165, 1.54) is 11.8 Å². The topological polar surface area (TPSA) is 90.3 Å². The summed E-state index contributed by atoms with van der Waals surface area (Å²) in [4.78, 5) is 18.9. The molecule has 0 spiro atoms. The molecule has 0 saturated heterocycles. The minimum absolute atomic E-state index is 0.146. The Morgan fingerprint density at radius 3 is 2.40 bits per heavy atom. The van der Waals surface area contributed by atoms with Crippen LogP contribution < -0.4 is 20.1 Å². The van der Waals surface area contributed by atoms with Crippen LogP contribution >= 0.6 is 46.6 Å². The van der Waals surface area contributed by atoms with Gasteiger partial charge in [0.25, 0.3) is 5.91 Å². The van der Waals surface area contributed by atoms with E-state index in [1.54, 1.807) is 22.9 Å². The summed E-state index contributed by atoms with van der Waals surface area (Å²) >= 11 is 20.7. The van der Waals surface area contributed by atoms with Gasteiger partial charge in [-0.3, -0.25) is 4.79 Å². The largest absolute Gasteiger partial charge is 0.490 e. The number of ether oxygens (including phenoxy) is 2. The molecule has 1 aromatic heterocycles. The molecule has 0 saturated carbocycles. The second-order valence-corrected chi connectivity index (χ2v) is 13.2. The Bertz CT molecular complexity index is 1990. The van der Waals surface area contributed by atoms with E-state index in [1.807, 2.05) is 87.5 Å². The summed E-state index contributed by atoms with van der Waals surface area (Å²) in [6.07, 6.45) is 0. The molecule has 48 heavy (non-hydrogen) atoms. The Morgan fingerprint density at radius 1 is 0.917 bits per heavy atom. The van der Waals surface area contributed by atoms with Crippen LogP contribution in [0.4, 0.5) is 11.6 Å². The van der Waals surface area contributed by atoms with E-state index >= 15 is 0 Å². The number of hydrogen-bond acceptors (Lipinski definition) is 7. The van der Waals surface area contributed by atoms with Crippen molar-refractivity contribution in [1.82, 2.24) is 14.8 Å². The number of nitrogens with one attached hydrogen (secondary N) is 2. The van der Waals surface area contributed by atoms with Crippen molar-refractivity contribution in [3.8, 4) is 11.5 Å². The third-order valence-corrected chi connectivity index (χ3v) is 9.77. The molecular weight excluding hydrogens is 689 g/mol. The number of benzene rings is 4. The fraction of sp³-hybridized carbons (Fsp3) is 0.194. The van der Waals surface area contributed by atoms with Gasteiger partial charge < -0.3 is 20.1 Å². The zero-order chi connectivity index (χ0) is 33.8. The van der Waals surface area contributed by atoms with E-state index in [2.05, 4.69) is 10.6 Å². The Hall–Kier alpha value is -4.15. The van der Waals surface area contributed by atoms with Crippen LogP contribution in [0.15, 0.2) is 101 Å². The van der Waals surface area contributed by atoms with Gasteiger partial charge in [-0.15, -0.1) is 5.10 Å². The summed E-state index contributed by atoms with van der Waals surface area (Å²) in [5.41, 5.74) is 5.21. The van der Waals surface area contributed by atoms with Gasteiger partial charge in [0.2, 0.25) is 11.1 Å². The highest BCUT2D eigenvalue weighted by Gasteiger charge is 2.35. The number of carbonyl (C=O) groups excluding carboxylic acids is 1. The molecule has 0 bridgehead atoms. The third-order valence-electron chi connectivity index (χ3n) is 7.80. The van der Waals surface area contributed by atoms with E-state index < -0.39 is 6.04 Å². The van der Waals surface area contributed by atoms with Crippen molar-refractivity contribution in [3.05, 3.63) is 134 Å². The number of fused-ring (bicyclic) bond motifs is 1. The van der Waals surface area contributed by atoms with Crippen LogP contribution in [0.5, 0.6) is 11.5 Å². The van der Waals surface area contributed by atoms with Gasteiger partial charge in [0.15, 0.2) is 11.5 Å². The average Bonchev–Trinajstić information content (AvgIpc) is 3.47. The number of nitrogens with zero attached hydrogens (tertiary/aromatic N) is 3. The monoisotopic (exact) mass is 719 g/mol. The molecule has 0 radical (unpaired) electrons. The number of thioether (sulfide) groups is 1. The van der Waals surface area contributed by atoms with Crippen molar-refractivity contribution in [2.24, 2.45) is 0 Å². The summed E-state index contributed by atoms with van der Waals surface area (Å²) in [6.45, 7) is 6.26. The number of carbonyl (C=O) groups is 1. The standard InChI is InChI=1S/C36H32Cl3N5O3S/c1-4-46-31-18-23(16-17-30(31)47-19-25-27(38)13-9-14-28(25)39)33-32(34(45)41-29-15-8-5-10-21(29)2)22(3)40-35-42-36(43-44(33)35)48-20-24-11-6-7-12-26(24)37/h5-18,33H,4,19-20H2,1-3H3,(H,41,45)(H,40,42,43). The van der Waals surface area contributed by atoms with Gasteiger partial charge in [-0.1, -0.05) is 95.1 Å². The van der Waals surface area contributed by atoms with E-state index in [0.717, 1.165) is 22.4 Å². The summed E-state index contributed by atoms with van der Waals surface area (Å²) in [7, 11) is 0. The van der Waals surface area contributed by atoms with Crippen LogP contribution in [-0.2, 0) is 17.2 Å². The van der Waals surface area contributed by atoms with Crippen LogP contribution in [0.25, 0.3) is 0 Å². The summed E-state index contributed by atoms with van der Waals surface area (Å²) < 4.78 is 14.0. The zero-order valence-electron chi connectivity index (χ0n) is 26.4. The molecule has 2 N–H and O–H groups in total. The predicted molar refractivity (Wildman–Crippen MR) is 194 cm³/mol. The first kappa shape index (κ1) is 33.7. The second kappa shape index (κ2) is 15.0. The van der Waals surface area contributed by atoms with Crippen molar-refractivity contribution < 1.29 is 14.3 Å². The number of aryl methyl sites for hydroxylation is 1. The minimum atomic E-state index is -0.640. The van der Waals surface area contributed by atoms with Gasteiger partial charge in [0.1, 0.15) is 12.6 Å². The Morgan fingerprint density at radius 2 is 1.65 bits per heavy atom. The molecule has 1 aliphatic heterocycles. The first-order valence-electron chi connectivity index (χ1n) is 15.2. The van der Waals surface area contributed by atoms with Gasteiger partial charge in [-0.05, 0) is 73.9 Å². The van der Waals surface area contributed by atoms with Gasteiger partial charge in [-0.25, -0.2) is 4.68 Å². The zero-order valence-corrected chi connectivity index (χ0v) is 29.5. The van der Waals surface area contributed by atoms with Crippen LogP contribution in [0.2, 0.25) is 15.1 Å². The fourth-order valence-corrected chi connectivity index (χ4v) is 6.98. The number of halogens is 3. The van der Waals surface area contributed by atoms with E-state index in [4.69, 9.17) is 54.4 Å². The Labute approximate surface area is 298 Å². The molecule has 2 heterocycles. The molecule has 1 amide bonds. The number of amides is 1. The van der Waals surface area contributed by atoms with Crippen molar-refractivity contribution in [2.45, 2.75) is 44.3 Å². The lowest BCUT2D eigenvalue weighted by molar-refractivity contribution is -0.113. The second-order valence-electron chi connectivity index (χ2n) is 11.0. The summed E-state index contributed by atoms with van der Waals surface area (Å²) in [6, 6.07) is 25.6. The molecule has 246 valence electrons. The molecule has 0 fully saturated rings. The maximum Gasteiger partial charge on any atom is 0.255 e. The lowest BCUT2D eigenvalue weighted by atomic mass is 9.94. The molecular formula is C36H32Cl3N5O3S. The quantitative estimate of drug-likeness (QED) is 0.131. The fourth-order valence-electron chi connectivity index (χ4n) is 5.36. The highest BCUT2D eigenvalue weighted by atomic mass is 35.5. The summed E-state index contributed by atoms with van der Waals surface area (Å²) in [5, 5.41) is 13.5. The van der Waals surface area contributed by atoms with Gasteiger partial charge in [0, 0.05) is 37.8 Å².